The maximum Gasteiger partial charge on any atom is 0.148 e. The summed E-state index contributed by atoms with van der Waals surface area (Å²) >= 11 is 10.2. The van der Waals surface area contributed by atoms with Crippen LogP contribution in [-0.4, -0.2) is 0 Å². The highest BCUT2D eigenvalue weighted by Gasteiger charge is 2.09. The van der Waals surface area contributed by atoms with E-state index in [4.69, 9.17) is 10.00 Å². The molecule has 2 nitrogen and oxygen atoms in total. The summed E-state index contributed by atoms with van der Waals surface area (Å²) < 4.78 is 21.4. The van der Waals surface area contributed by atoms with Crippen LogP contribution in [0.1, 0.15) is 11.1 Å². The zero-order valence-corrected chi connectivity index (χ0v) is 14.7. The number of nitriles is 1. The highest BCUT2D eigenvalue weighted by Crippen LogP contribution is 2.36. The molecule has 0 spiro atoms. The Labute approximate surface area is 140 Å². The molecule has 20 heavy (non-hydrogen) atoms. The van der Waals surface area contributed by atoms with Crippen molar-refractivity contribution in [3.8, 4) is 11.8 Å². The smallest absolute Gasteiger partial charge is 0.148 e. The third-order valence-corrected chi connectivity index (χ3v) is 4.13. The predicted octanol–water partition coefficient (Wildman–Crippen LogP) is 5.56. The third kappa shape index (κ3) is 3.60. The van der Waals surface area contributed by atoms with Gasteiger partial charge in [-0.25, -0.2) is 4.39 Å². The molecule has 0 fully saturated rings. The number of benzene rings is 2. The summed E-state index contributed by atoms with van der Waals surface area (Å²) in [6.45, 7) is 0.244. The quantitative estimate of drug-likeness (QED) is 0.596. The van der Waals surface area contributed by atoms with Crippen molar-refractivity contribution < 1.29 is 9.13 Å². The zero-order chi connectivity index (χ0) is 14.7. The minimum Gasteiger partial charge on any atom is -0.487 e. The molecule has 0 atom stereocenters. The molecule has 0 N–H and O–H groups in total. The molecule has 0 aliphatic heterocycles. The lowest BCUT2D eigenvalue weighted by Gasteiger charge is -2.11. The molecule has 0 bridgehead atoms. The maximum atomic E-state index is 13.2. The number of rotatable bonds is 3. The number of halogens is 4. The van der Waals surface area contributed by atoms with Crippen molar-refractivity contribution in [3.63, 3.8) is 0 Å². The Morgan fingerprint density at radius 2 is 1.75 bits per heavy atom. The van der Waals surface area contributed by atoms with E-state index in [-0.39, 0.29) is 12.2 Å². The first-order chi connectivity index (χ1) is 9.51. The van der Waals surface area contributed by atoms with E-state index in [1.54, 1.807) is 6.07 Å². The van der Waals surface area contributed by atoms with Crippen LogP contribution in [0.5, 0.6) is 5.75 Å². The topological polar surface area (TPSA) is 33.0 Å². The standard InChI is InChI=1S/C14H7Br3FNO/c15-10-4-11(16)14(12(17)5-10)20-7-8-1-2-13(18)9(3-8)6-19/h1-5H,7H2. The van der Waals surface area contributed by atoms with Crippen molar-refractivity contribution in [1.29, 1.82) is 5.26 Å². The van der Waals surface area contributed by atoms with Crippen molar-refractivity contribution in [2.45, 2.75) is 6.61 Å². The van der Waals surface area contributed by atoms with Crippen molar-refractivity contribution in [3.05, 3.63) is 60.7 Å². The van der Waals surface area contributed by atoms with E-state index < -0.39 is 5.82 Å². The second-order valence-electron chi connectivity index (χ2n) is 3.91. The lowest BCUT2D eigenvalue weighted by molar-refractivity contribution is 0.302. The predicted molar refractivity (Wildman–Crippen MR) is 85.0 cm³/mol. The van der Waals surface area contributed by atoms with Gasteiger partial charge in [-0.15, -0.1) is 0 Å². The molecule has 2 aromatic rings. The molecular weight excluding hydrogens is 457 g/mol. The largest absolute Gasteiger partial charge is 0.487 e. The maximum absolute atomic E-state index is 13.2. The summed E-state index contributed by atoms with van der Waals surface area (Å²) in [6.07, 6.45) is 0. The van der Waals surface area contributed by atoms with Gasteiger partial charge in [-0.05, 0) is 61.7 Å². The van der Waals surface area contributed by atoms with E-state index in [2.05, 4.69) is 47.8 Å². The fourth-order valence-corrected chi connectivity index (χ4v) is 4.06. The summed E-state index contributed by atoms with van der Waals surface area (Å²) in [5, 5.41) is 8.80. The van der Waals surface area contributed by atoms with Crippen LogP contribution < -0.4 is 4.74 Å². The van der Waals surface area contributed by atoms with Crippen LogP contribution in [0, 0.1) is 17.1 Å². The van der Waals surface area contributed by atoms with Gasteiger partial charge in [-0.1, -0.05) is 22.0 Å². The molecular formula is C14H7Br3FNO. The molecule has 0 aliphatic carbocycles. The van der Waals surface area contributed by atoms with Gasteiger partial charge < -0.3 is 4.74 Å². The molecule has 0 unspecified atom stereocenters. The van der Waals surface area contributed by atoms with Crippen LogP contribution in [0.3, 0.4) is 0 Å². The summed E-state index contributed by atoms with van der Waals surface area (Å²) in [4.78, 5) is 0. The molecule has 0 aliphatic rings. The van der Waals surface area contributed by atoms with Crippen LogP contribution in [0.4, 0.5) is 4.39 Å². The van der Waals surface area contributed by atoms with Crippen molar-refractivity contribution in [2.75, 3.05) is 0 Å². The summed E-state index contributed by atoms with van der Waals surface area (Å²) in [7, 11) is 0. The van der Waals surface area contributed by atoms with Crippen LogP contribution in [0.25, 0.3) is 0 Å². The van der Waals surface area contributed by atoms with Gasteiger partial charge in [0.15, 0.2) is 0 Å². The second kappa shape index (κ2) is 6.70. The number of ether oxygens (including phenoxy) is 1. The summed E-state index contributed by atoms with van der Waals surface area (Å²) in [5.74, 6) is 0.123. The van der Waals surface area contributed by atoms with E-state index >= 15 is 0 Å². The van der Waals surface area contributed by atoms with E-state index in [1.807, 2.05) is 18.2 Å². The van der Waals surface area contributed by atoms with E-state index in [0.29, 0.717) is 5.75 Å². The SMILES string of the molecule is N#Cc1cc(COc2c(Br)cc(Br)cc2Br)ccc1F. The lowest BCUT2D eigenvalue weighted by atomic mass is 10.1. The average molecular weight is 464 g/mol. The monoisotopic (exact) mass is 461 g/mol. The molecule has 6 heteroatoms. The first kappa shape index (κ1) is 15.5. The number of hydrogen-bond donors (Lipinski definition) is 0. The van der Waals surface area contributed by atoms with Gasteiger partial charge in [-0.3, -0.25) is 0 Å². The molecule has 0 saturated carbocycles. The molecule has 102 valence electrons. The number of hydrogen-bond acceptors (Lipinski definition) is 2. The van der Waals surface area contributed by atoms with Gasteiger partial charge in [0.05, 0.1) is 14.5 Å². The summed E-state index contributed by atoms with van der Waals surface area (Å²) in [6, 6.07) is 9.88. The molecule has 0 saturated heterocycles. The number of nitrogens with zero attached hydrogens (tertiary/aromatic N) is 1. The van der Waals surface area contributed by atoms with Gasteiger partial charge in [0.25, 0.3) is 0 Å². The fourth-order valence-electron chi connectivity index (χ4n) is 1.57. The molecule has 0 radical (unpaired) electrons. The minimum atomic E-state index is -0.526. The van der Waals surface area contributed by atoms with Crippen LogP contribution in [-0.2, 0) is 6.61 Å². The third-order valence-electron chi connectivity index (χ3n) is 2.50. The normalized spacial score (nSPS) is 10.2. The Kier molecular flexibility index (Phi) is 5.19. The molecule has 0 aromatic heterocycles. The highest BCUT2D eigenvalue weighted by atomic mass is 79.9. The van der Waals surface area contributed by atoms with Gasteiger partial charge in [-0.2, -0.15) is 5.26 Å². The van der Waals surface area contributed by atoms with Gasteiger partial charge in [0.1, 0.15) is 24.2 Å². The fraction of sp³-hybridized carbons (Fsp3) is 0.0714. The van der Waals surface area contributed by atoms with Gasteiger partial charge in [0, 0.05) is 4.47 Å². The van der Waals surface area contributed by atoms with Crippen LogP contribution >= 0.6 is 47.8 Å². The highest BCUT2D eigenvalue weighted by molar-refractivity contribution is 9.11. The molecule has 0 amide bonds. The average Bonchev–Trinajstić information content (AvgIpc) is 2.39. The Morgan fingerprint density at radius 3 is 2.35 bits per heavy atom. The Morgan fingerprint density at radius 1 is 1.10 bits per heavy atom. The van der Waals surface area contributed by atoms with E-state index in [0.717, 1.165) is 19.0 Å². The zero-order valence-electron chi connectivity index (χ0n) is 9.96. The van der Waals surface area contributed by atoms with Crippen molar-refractivity contribution in [2.24, 2.45) is 0 Å². The van der Waals surface area contributed by atoms with E-state index in [1.165, 1.54) is 12.1 Å². The second-order valence-corrected chi connectivity index (χ2v) is 6.54. The molecule has 2 aromatic carbocycles. The Balaban J connectivity index is 2.20. The van der Waals surface area contributed by atoms with E-state index in [9.17, 15) is 4.39 Å². The first-order valence-electron chi connectivity index (χ1n) is 5.47. The Bertz CT molecular complexity index is 674. The van der Waals surface area contributed by atoms with Crippen molar-refractivity contribution >= 4 is 47.8 Å². The lowest BCUT2D eigenvalue weighted by Crippen LogP contribution is -1.98. The van der Waals surface area contributed by atoms with Gasteiger partial charge >= 0.3 is 0 Å². The summed E-state index contributed by atoms with van der Waals surface area (Å²) in [5.41, 5.74) is 0.740. The first-order valence-corrected chi connectivity index (χ1v) is 7.85. The molecule has 2 rings (SSSR count). The van der Waals surface area contributed by atoms with Crippen LogP contribution in [0.15, 0.2) is 43.7 Å². The molecule has 0 heterocycles. The Hall–Kier alpha value is -0.900. The van der Waals surface area contributed by atoms with Crippen LogP contribution in [0.2, 0.25) is 0 Å². The van der Waals surface area contributed by atoms with Crippen molar-refractivity contribution in [1.82, 2.24) is 0 Å². The van der Waals surface area contributed by atoms with Gasteiger partial charge in [0.2, 0.25) is 0 Å². The minimum absolute atomic E-state index is 0.0139.